The average Bonchev–Trinajstić information content (AvgIpc) is 2.20. The molecular weight excluding hydrogens is 279 g/mol. The van der Waals surface area contributed by atoms with Crippen LogP contribution in [-0.4, -0.2) is 18.2 Å². The molecule has 0 saturated carbocycles. The predicted octanol–water partition coefficient (Wildman–Crippen LogP) is 2.92. The van der Waals surface area contributed by atoms with Crippen LogP contribution in [-0.2, 0) is 11.2 Å². The zero-order valence-electron chi connectivity index (χ0n) is 9.01. The summed E-state index contributed by atoms with van der Waals surface area (Å²) in [6.45, 7) is 1.61. The van der Waals surface area contributed by atoms with Crippen LogP contribution < -0.4 is 4.74 Å². The summed E-state index contributed by atoms with van der Waals surface area (Å²) in [6.07, 6.45) is 0.202. The number of methoxy groups -OCH3 is 1. The van der Waals surface area contributed by atoms with Crippen molar-refractivity contribution in [3.8, 4) is 5.75 Å². The molecule has 0 amide bonds. The lowest BCUT2D eigenvalue weighted by atomic mass is 10.0. The van der Waals surface area contributed by atoms with Gasteiger partial charge in [-0.2, -0.15) is 0 Å². The van der Waals surface area contributed by atoms with Gasteiger partial charge in [0.2, 0.25) is 0 Å². The third-order valence-electron chi connectivity index (χ3n) is 2.35. The molecule has 1 aromatic carbocycles. The van der Waals surface area contributed by atoms with Gasteiger partial charge >= 0.3 is 5.97 Å². The standard InChI is InChI=1S/C11H12BrFO3/c1-6-7(3-4-10(14)15)11(16-2)8(12)5-9(6)13/h5H,3-4H2,1-2H3,(H,14,15). The van der Waals surface area contributed by atoms with Crippen molar-refractivity contribution in [3.63, 3.8) is 0 Å². The molecule has 0 aliphatic heterocycles. The highest BCUT2D eigenvalue weighted by Crippen LogP contribution is 2.33. The van der Waals surface area contributed by atoms with Gasteiger partial charge in [-0.1, -0.05) is 0 Å². The molecule has 1 aromatic rings. The summed E-state index contributed by atoms with van der Waals surface area (Å²) in [4.78, 5) is 10.5. The van der Waals surface area contributed by atoms with Crippen LogP contribution in [0.4, 0.5) is 4.39 Å². The van der Waals surface area contributed by atoms with Crippen molar-refractivity contribution >= 4 is 21.9 Å². The summed E-state index contributed by atoms with van der Waals surface area (Å²) < 4.78 is 19.1. The first-order chi connectivity index (χ1) is 7.47. The van der Waals surface area contributed by atoms with Crippen LogP contribution in [0.15, 0.2) is 10.5 Å². The van der Waals surface area contributed by atoms with E-state index in [-0.39, 0.29) is 18.7 Å². The largest absolute Gasteiger partial charge is 0.495 e. The molecule has 0 atom stereocenters. The maximum Gasteiger partial charge on any atom is 0.303 e. The Hall–Kier alpha value is -1.10. The molecule has 1 rings (SSSR count). The van der Waals surface area contributed by atoms with E-state index in [1.807, 2.05) is 0 Å². The maximum atomic E-state index is 13.4. The third kappa shape index (κ3) is 2.72. The van der Waals surface area contributed by atoms with E-state index in [4.69, 9.17) is 9.84 Å². The first-order valence-electron chi connectivity index (χ1n) is 4.70. The van der Waals surface area contributed by atoms with Gasteiger partial charge in [0.1, 0.15) is 11.6 Å². The van der Waals surface area contributed by atoms with E-state index in [1.165, 1.54) is 13.2 Å². The van der Waals surface area contributed by atoms with E-state index in [1.54, 1.807) is 6.92 Å². The van der Waals surface area contributed by atoms with E-state index in [0.29, 0.717) is 21.3 Å². The van der Waals surface area contributed by atoms with Crippen LogP contribution in [0.2, 0.25) is 0 Å². The number of ether oxygens (including phenoxy) is 1. The van der Waals surface area contributed by atoms with Gasteiger partial charge in [-0.3, -0.25) is 4.79 Å². The highest BCUT2D eigenvalue weighted by Gasteiger charge is 2.15. The van der Waals surface area contributed by atoms with E-state index < -0.39 is 5.97 Å². The fraction of sp³-hybridized carbons (Fsp3) is 0.364. The SMILES string of the molecule is COc1c(Br)cc(F)c(C)c1CCC(=O)O. The molecule has 88 valence electrons. The van der Waals surface area contributed by atoms with Gasteiger partial charge in [-0.05, 0) is 40.9 Å². The number of halogens is 2. The van der Waals surface area contributed by atoms with Crippen molar-refractivity contribution in [2.75, 3.05) is 7.11 Å². The van der Waals surface area contributed by atoms with Crippen LogP contribution in [0.25, 0.3) is 0 Å². The Bertz CT molecular complexity index is 418. The monoisotopic (exact) mass is 290 g/mol. The van der Waals surface area contributed by atoms with E-state index in [2.05, 4.69) is 15.9 Å². The fourth-order valence-electron chi connectivity index (χ4n) is 1.50. The molecule has 0 fully saturated rings. The third-order valence-corrected chi connectivity index (χ3v) is 2.94. The summed E-state index contributed by atoms with van der Waals surface area (Å²) in [5, 5.41) is 8.62. The molecule has 0 heterocycles. The topological polar surface area (TPSA) is 46.5 Å². The highest BCUT2D eigenvalue weighted by atomic mass is 79.9. The van der Waals surface area contributed by atoms with Gasteiger partial charge in [0.15, 0.2) is 0 Å². The number of carbonyl (C=O) groups is 1. The zero-order chi connectivity index (χ0) is 12.3. The number of hydrogen-bond acceptors (Lipinski definition) is 2. The van der Waals surface area contributed by atoms with Crippen molar-refractivity contribution in [2.24, 2.45) is 0 Å². The first-order valence-corrected chi connectivity index (χ1v) is 5.50. The Morgan fingerprint density at radius 3 is 2.75 bits per heavy atom. The average molecular weight is 291 g/mol. The van der Waals surface area contributed by atoms with Gasteiger partial charge in [0.05, 0.1) is 11.6 Å². The molecule has 0 unspecified atom stereocenters. The Morgan fingerprint density at radius 1 is 1.62 bits per heavy atom. The van der Waals surface area contributed by atoms with Crippen molar-refractivity contribution < 1.29 is 19.0 Å². The number of carboxylic acid groups (broad SMARTS) is 1. The molecule has 0 aliphatic rings. The fourth-order valence-corrected chi connectivity index (χ4v) is 2.10. The predicted molar refractivity (Wildman–Crippen MR) is 61.3 cm³/mol. The number of benzene rings is 1. The Balaban J connectivity index is 3.17. The summed E-state index contributed by atoms with van der Waals surface area (Å²) in [7, 11) is 1.47. The smallest absolute Gasteiger partial charge is 0.303 e. The van der Waals surface area contributed by atoms with Gasteiger partial charge in [-0.15, -0.1) is 0 Å². The van der Waals surface area contributed by atoms with Crippen molar-refractivity contribution in [1.29, 1.82) is 0 Å². The van der Waals surface area contributed by atoms with Crippen LogP contribution in [0.3, 0.4) is 0 Å². The summed E-state index contributed by atoms with van der Waals surface area (Å²) in [5.74, 6) is -0.782. The second-order valence-electron chi connectivity index (χ2n) is 3.37. The first kappa shape index (κ1) is 13.0. The van der Waals surface area contributed by atoms with Crippen LogP contribution in [0.5, 0.6) is 5.75 Å². The number of rotatable bonds is 4. The van der Waals surface area contributed by atoms with Crippen LogP contribution in [0, 0.1) is 12.7 Å². The molecule has 3 nitrogen and oxygen atoms in total. The molecular formula is C11H12BrFO3. The van der Waals surface area contributed by atoms with E-state index >= 15 is 0 Å². The van der Waals surface area contributed by atoms with Gasteiger partial charge in [0.25, 0.3) is 0 Å². The Kier molecular flexibility index (Phi) is 4.29. The number of hydrogen-bond donors (Lipinski definition) is 1. The lowest BCUT2D eigenvalue weighted by molar-refractivity contribution is -0.136. The molecule has 16 heavy (non-hydrogen) atoms. The Labute approximate surface area is 101 Å². The zero-order valence-corrected chi connectivity index (χ0v) is 10.6. The van der Waals surface area contributed by atoms with E-state index in [0.717, 1.165) is 0 Å². The molecule has 5 heteroatoms. The molecule has 0 aromatic heterocycles. The van der Waals surface area contributed by atoms with Crippen LogP contribution >= 0.6 is 15.9 Å². The number of aliphatic carboxylic acids is 1. The van der Waals surface area contributed by atoms with Gasteiger partial charge in [-0.25, -0.2) is 4.39 Å². The summed E-state index contributed by atoms with van der Waals surface area (Å²) in [6, 6.07) is 1.32. The van der Waals surface area contributed by atoms with Gasteiger partial charge in [0, 0.05) is 12.0 Å². The minimum absolute atomic E-state index is 0.0485. The molecule has 0 bridgehead atoms. The molecule has 1 N–H and O–H groups in total. The second kappa shape index (κ2) is 5.30. The van der Waals surface area contributed by atoms with Gasteiger partial charge < -0.3 is 9.84 Å². The quantitative estimate of drug-likeness (QED) is 0.927. The number of carboxylic acids is 1. The summed E-state index contributed by atoms with van der Waals surface area (Å²) >= 11 is 3.19. The minimum Gasteiger partial charge on any atom is -0.495 e. The molecule has 0 aliphatic carbocycles. The molecule has 0 radical (unpaired) electrons. The Morgan fingerprint density at radius 2 is 2.25 bits per heavy atom. The minimum atomic E-state index is -0.915. The molecule has 0 saturated heterocycles. The normalized spacial score (nSPS) is 10.2. The lowest BCUT2D eigenvalue weighted by Crippen LogP contribution is -2.03. The van der Waals surface area contributed by atoms with E-state index in [9.17, 15) is 9.18 Å². The molecule has 0 spiro atoms. The van der Waals surface area contributed by atoms with Crippen molar-refractivity contribution in [1.82, 2.24) is 0 Å². The highest BCUT2D eigenvalue weighted by molar-refractivity contribution is 9.10. The summed E-state index contributed by atoms with van der Waals surface area (Å²) in [5.41, 5.74) is 1.03. The van der Waals surface area contributed by atoms with Crippen molar-refractivity contribution in [2.45, 2.75) is 19.8 Å². The van der Waals surface area contributed by atoms with Crippen LogP contribution in [0.1, 0.15) is 17.5 Å². The second-order valence-corrected chi connectivity index (χ2v) is 4.23. The lowest BCUT2D eigenvalue weighted by Gasteiger charge is -2.13. The maximum absolute atomic E-state index is 13.4. The van der Waals surface area contributed by atoms with Crippen molar-refractivity contribution in [3.05, 3.63) is 27.5 Å².